The van der Waals surface area contributed by atoms with Crippen molar-refractivity contribution in [3.8, 4) is 0 Å². The Kier molecular flexibility index (Phi) is 4.03. The summed E-state index contributed by atoms with van der Waals surface area (Å²) in [7, 11) is 0. The molecule has 0 atom stereocenters. The van der Waals surface area contributed by atoms with E-state index >= 15 is 0 Å². The molecule has 1 saturated carbocycles. The van der Waals surface area contributed by atoms with Gasteiger partial charge < -0.3 is 5.73 Å². The van der Waals surface area contributed by atoms with E-state index in [2.05, 4.69) is 26.0 Å². The molecule has 1 fully saturated rings. The molecule has 1 aromatic carbocycles. The van der Waals surface area contributed by atoms with Gasteiger partial charge in [-0.2, -0.15) is 0 Å². The Labute approximate surface area is 116 Å². The molecular weight excluding hydrogens is 242 g/mol. The van der Waals surface area contributed by atoms with Gasteiger partial charge in [-0.1, -0.05) is 37.6 Å². The number of hydrogen-bond donors (Lipinski definition) is 1. The second-order valence-electron chi connectivity index (χ2n) is 6.68. The molecule has 0 saturated heterocycles. The van der Waals surface area contributed by atoms with E-state index in [0.717, 1.165) is 18.0 Å². The number of rotatable bonds is 3. The number of hydrogen-bond acceptors (Lipinski definition) is 1. The fraction of sp³-hybridized carbons (Fsp3) is 0.625. The number of nitrogens with two attached hydrogens (primary N) is 1. The Balaban J connectivity index is 2.10. The molecule has 0 aromatic heterocycles. The van der Waals surface area contributed by atoms with Crippen LogP contribution in [-0.4, -0.2) is 6.54 Å². The predicted molar refractivity (Wildman–Crippen MR) is 78.9 cm³/mol. The molecule has 0 amide bonds. The summed E-state index contributed by atoms with van der Waals surface area (Å²) in [4.78, 5) is 0. The van der Waals surface area contributed by atoms with E-state index in [-0.39, 0.29) is 0 Å². The van der Waals surface area contributed by atoms with E-state index < -0.39 is 0 Å². The Morgan fingerprint density at radius 3 is 2.39 bits per heavy atom. The molecule has 1 aliphatic carbocycles. The molecule has 0 aliphatic heterocycles. The minimum atomic E-state index is 0.292. The number of benzene rings is 1. The summed E-state index contributed by atoms with van der Waals surface area (Å²) in [6.45, 7) is 5.52. The third kappa shape index (κ3) is 3.27. The minimum Gasteiger partial charge on any atom is -0.330 e. The zero-order valence-corrected chi connectivity index (χ0v) is 12.3. The van der Waals surface area contributed by atoms with Gasteiger partial charge in [0.05, 0.1) is 0 Å². The van der Waals surface area contributed by atoms with Gasteiger partial charge in [0.1, 0.15) is 0 Å². The lowest BCUT2D eigenvalue weighted by molar-refractivity contribution is 0.108. The van der Waals surface area contributed by atoms with Crippen molar-refractivity contribution in [2.75, 3.05) is 6.54 Å². The molecule has 0 spiro atoms. The van der Waals surface area contributed by atoms with Crippen molar-refractivity contribution in [2.45, 2.75) is 46.0 Å². The highest BCUT2D eigenvalue weighted by atomic mass is 35.5. The summed E-state index contributed by atoms with van der Waals surface area (Å²) >= 11 is 6.07. The standard InChI is InChI=1S/C16H24ClN/c1-15(2)6-8-16(12-18,9-7-15)11-13-4-3-5-14(17)10-13/h3-5,10H,6-9,11-12,18H2,1-2H3. The highest BCUT2D eigenvalue weighted by Gasteiger charge is 2.37. The van der Waals surface area contributed by atoms with Crippen LogP contribution < -0.4 is 5.73 Å². The molecule has 0 heterocycles. The second-order valence-corrected chi connectivity index (χ2v) is 7.11. The zero-order chi connectivity index (χ0) is 13.2. The molecule has 1 aromatic rings. The largest absolute Gasteiger partial charge is 0.330 e. The summed E-state index contributed by atoms with van der Waals surface area (Å²) in [5.41, 5.74) is 8.19. The quantitative estimate of drug-likeness (QED) is 0.860. The monoisotopic (exact) mass is 265 g/mol. The van der Waals surface area contributed by atoms with E-state index in [1.54, 1.807) is 0 Å². The lowest BCUT2D eigenvalue weighted by atomic mass is 9.63. The van der Waals surface area contributed by atoms with Crippen LogP contribution in [0.3, 0.4) is 0 Å². The maximum atomic E-state index is 6.08. The van der Waals surface area contributed by atoms with Gasteiger partial charge in [-0.3, -0.25) is 0 Å². The van der Waals surface area contributed by atoms with Crippen molar-refractivity contribution >= 4 is 11.6 Å². The van der Waals surface area contributed by atoms with Crippen LogP contribution in [-0.2, 0) is 6.42 Å². The van der Waals surface area contributed by atoms with Gasteiger partial charge >= 0.3 is 0 Å². The van der Waals surface area contributed by atoms with Crippen molar-refractivity contribution in [1.82, 2.24) is 0 Å². The van der Waals surface area contributed by atoms with Crippen LogP contribution in [0.2, 0.25) is 5.02 Å². The first-order valence-corrected chi connectivity index (χ1v) is 7.27. The van der Waals surface area contributed by atoms with Crippen molar-refractivity contribution in [3.05, 3.63) is 34.9 Å². The van der Waals surface area contributed by atoms with Gasteiger partial charge in [0, 0.05) is 5.02 Å². The second kappa shape index (κ2) is 5.22. The minimum absolute atomic E-state index is 0.292. The van der Waals surface area contributed by atoms with Gasteiger partial charge in [-0.05, 0) is 67.2 Å². The van der Waals surface area contributed by atoms with Crippen LogP contribution in [0.15, 0.2) is 24.3 Å². The summed E-state index contributed by atoms with van der Waals surface area (Å²) in [6, 6.07) is 8.22. The van der Waals surface area contributed by atoms with Crippen LogP contribution in [0.25, 0.3) is 0 Å². The van der Waals surface area contributed by atoms with E-state index in [0.29, 0.717) is 10.8 Å². The summed E-state index contributed by atoms with van der Waals surface area (Å²) in [5, 5.41) is 0.829. The SMILES string of the molecule is CC1(C)CCC(CN)(Cc2cccc(Cl)c2)CC1. The molecule has 18 heavy (non-hydrogen) atoms. The van der Waals surface area contributed by atoms with E-state index in [1.807, 2.05) is 12.1 Å². The highest BCUT2D eigenvalue weighted by Crippen LogP contribution is 2.46. The first kappa shape index (κ1) is 13.9. The lowest BCUT2D eigenvalue weighted by Crippen LogP contribution is -2.38. The van der Waals surface area contributed by atoms with Crippen molar-refractivity contribution in [1.29, 1.82) is 0 Å². The fourth-order valence-electron chi connectivity index (χ4n) is 2.99. The van der Waals surface area contributed by atoms with Crippen molar-refractivity contribution in [2.24, 2.45) is 16.6 Å². The predicted octanol–water partition coefficient (Wildman–Crippen LogP) is 4.43. The smallest absolute Gasteiger partial charge is 0.0408 e. The summed E-state index contributed by atoms with van der Waals surface area (Å²) in [6.07, 6.45) is 6.11. The van der Waals surface area contributed by atoms with Crippen LogP contribution in [0.4, 0.5) is 0 Å². The Morgan fingerprint density at radius 1 is 1.17 bits per heavy atom. The molecule has 0 unspecified atom stereocenters. The van der Waals surface area contributed by atoms with Crippen LogP contribution in [0.1, 0.15) is 45.1 Å². The fourth-order valence-corrected chi connectivity index (χ4v) is 3.20. The Hall–Kier alpha value is -0.530. The molecule has 0 radical (unpaired) electrons. The topological polar surface area (TPSA) is 26.0 Å². The molecule has 2 heteroatoms. The summed E-state index contributed by atoms with van der Waals surface area (Å²) in [5.74, 6) is 0. The maximum absolute atomic E-state index is 6.08. The third-order valence-corrected chi connectivity index (χ3v) is 4.80. The average molecular weight is 266 g/mol. The molecule has 0 bridgehead atoms. The van der Waals surface area contributed by atoms with E-state index in [9.17, 15) is 0 Å². The summed E-state index contributed by atoms with van der Waals surface area (Å²) < 4.78 is 0. The zero-order valence-electron chi connectivity index (χ0n) is 11.5. The molecule has 2 rings (SSSR count). The van der Waals surface area contributed by atoms with Gasteiger partial charge in [0.25, 0.3) is 0 Å². The third-order valence-electron chi connectivity index (χ3n) is 4.57. The van der Waals surface area contributed by atoms with Crippen molar-refractivity contribution < 1.29 is 0 Å². The first-order valence-electron chi connectivity index (χ1n) is 6.89. The molecule has 1 nitrogen and oxygen atoms in total. The lowest BCUT2D eigenvalue weighted by Gasteiger charge is -2.43. The first-order chi connectivity index (χ1) is 8.45. The molecule has 100 valence electrons. The normalized spacial score (nSPS) is 21.8. The molecule has 2 N–H and O–H groups in total. The molecular formula is C16H24ClN. The highest BCUT2D eigenvalue weighted by molar-refractivity contribution is 6.30. The Bertz CT molecular complexity index is 401. The van der Waals surface area contributed by atoms with Gasteiger partial charge in [-0.15, -0.1) is 0 Å². The number of halogens is 1. The van der Waals surface area contributed by atoms with Crippen LogP contribution in [0.5, 0.6) is 0 Å². The average Bonchev–Trinajstić information content (AvgIpc) is 2.33. The maximum Gasteiger partial charge on any atom is 0.0408 e. The van der Waals surface area contributed by atoms with Gasteiger partial charge in [0.15, 0.2) is 0 Å². The van der Waals surface area contributed by atoms with Gasteiger partial charge in [-0.25, -0.2) is 0 Å². The van der Waals surface area contributed by atoms with E-state index in [4.69, 9.17) is 17.3 Å². The van der Waals surface area contributed by atoms with Gasteiger partial charge in [0.2, 0.25) is 0 Å². The van der Waals surface area contributed by atoms with E-state index in [1.165, 1.54) is 31.2 Å². The molecule has 1 aliphatic rings. The van der Waals surface area contributed by atoms with Crippen LogP contribution >= 0.6 is 11.6 Å². The van der Waals surface area contributed by atoms with Crippen molar-refractivity contribution in [3.63, 3.8) is 0 Å². The Morgan fingerprint density at radius 2 is 1.83 bits per heavy atom. The van der Waals surface area contributed by atoms with Crippen LogP contribution in [0, 0.1) is 10.8 Å².